The fourth-order valence-electron chi connectivity index (χ4n) is 1.02. The van der Waals surface area contributed by atoms with Gasteiger partial charge in [-0.2, -0.15) is 0 Å². The van der Waals surface area contributed by atoms with Crippen LogP contribution < -0.4 is 4.90 Å². The van der Waals surface area contributed by atoms with Crippen molar-refractivity contribution in [2.24, 2.45) is 0 Å². The minimum Gasteiger partial charge on any atom is -0.481 e. The Morgan fingerprint density at radius 2 is 2.43 bits per heavy atom. The number of nitrogens with zero attached hydrogens (tertiary/aromatic N) is 4. The van der Waals surface area contributed by atoms with Crippen LogP contribution in [0.5, 0.6) is 0 Å². The van der Waals surface area contributed by atoms with Crippen LogP contribution in [0.2, 0.25) is 0 Å². The molecule has 0 saturated carbocycles. The lowest BCUT2D eigenvalue weighted by Gasteiger charge is -2.23. The number of hydrogen-bond acceptors (Lipinski definition) is 5. The molecule has 0 saturated heterocycles. The van der Waals surface area contributed by atoms with Crippen molar-refractivity contribution in [3.05, 3.63) is 12.5 Å². The van der Waals surface area contributed by atoms with Crippen LogP contribution >= 0.6 is 0 Å². The van der Waals surface area contributed by atoms with E-state index in [9.17, 15) is 4.79 Å². The predicted octanol–water partition coefficient (Wildman–Crippen LogP) is 0.171. The molecular weight excluding hydrogens is 184 g/mol. The van der Waals surface area contributed by atoms with Gasteiger partial charge in [-0.05, 0) is 6.92 Å². The van der Waals surface area contributed by atoms with Crippen LogP contribution in [0.1, 0.15) is 13.3 Å². The summed E-state index contributed by atoms with van der Waals surface area (Å²) in [6.07, 6.45) is 2.94. The molecule has 0 fully saturated rings. The number of carbonyl (C=O) groups is 1. The Hall–Kier alpha value is -1.72. The van der Waals surface area contributed by atoms with Crippen LogP contribution in [0.3, 0.4) is 0 Å². The molecule has 6 heteroatoms. The van der Waals surface area contributed by atoms with Crippen LogP contribution in [0.15, 0.2) is 12.5 Å². The first kappa shape index (κ1) is 10.4. The number of aliphatic carboxylic acids is 1. The van der Waals surface area contributed by atoms with Gasteiger partial charge in [0, 0.05) is 13.1 Å². The maximum absolute atomic E-state index is 10.5. The standard InChI is InChI=1S/C8H12N4O2/c1-6(3-8(13)14)12(2)7-4-9-5-10-11-7/h4-6H,3H2,1-2H3,(H,13,14). The van der Waals surface area contributed by atoms with Crippen LogP contribution in [-0.2, 0) is 4.79 Å². The quantitative estimate of drug-likeness (QED) is 0.739. The van der Waals surface area contributed by atoms with E-state index in [1.54, 1.807) is 18.1 Å². The Morgan fingerprint density at radius 1 is 1.71 bits per heavy atom. The average Bonchev–Trinajstić information content (AvgIpc) is 2.17. The highest BCUT2D eigenvalue weighted by Crippen LogP contribution is 2.10. The minimum atomic E-state index is -0.832. The van der Waals surface area contributed by atoms with E-state index >= 15 is 0 Å². The van der Waals surface area contributed by atoms with Gasteiger partial charge in [0.25, 0.3) is 0 Å². The van der Waals surface area contributed by atoms with E-state index in [2.05, 4.69) is 15.2 Å². The molecule has 76 valence electrons. The van der Waals surface area contributed by atoms with Crippen LogP contribution in [0.25, 0.3) is 0 Å². The number of rotatable bonds is 4. The molecule has 6 nitrogen and oxygen atoms in total. The van der Waals surface area contributed by atoms with E-state index in [-0.39, 0.29) is 12.5 Å². The van der Waals surface area contributed by atoms with E-state index in [4.69, 9.17) is 5.11 Å². The lowest BCUT2D eigenvalue weighted by atomic mass is 10.2. The predicted molar refractivity (Wildman–Crippen MR) is 49.9 cm³/mol. The highest BCUT2D eigenvalue weighted by molar-refractivity contribution is 5.68. The topological polar surface area (TPSA) is 79.2 Å². The summed E-state index contributed by atoms with van der Waals surface area (Å²) >= 11 is 0. The van der Waals surface area contributed by atoms with E-state index in [1.165, 1.54) is 6.33 Å². The summed E-state index contributed by atoms with van der Waals surface area (Å²) in [5.41, 5.74) is 0. The van der Waals surface area contributed by atoms with Gasteiger partial charge >= 0.3 is 5.97 Å². The highest BCUT2D eigenvalue weighted by Gasteiger charge is 2.14. The molecule has 1 rings (SSSR count). The summed E-state index contributed by atoms with van der Waals surface area (Å²) in [4.78, 5) is 16.0. The molecule has 1 atom stereocenters. The Kier molecular flexibility index (Phi) is 3.33. The second-order valence-electron chi connectivity index (χ2n) is 3.03. The third-order valence-electron chi connectivity index (χ3n) is 1.96. The summed E-state index contributed by atoms with van der Waals surface area (Å²) < 4.78 is 0. The molecule has 1 heterocycles. The molecule has 0 radical (unpaired) electrons. The molecule has 0 aliphatic rings. The maximum atomic E-state index is 10.5. The van der Waals surface area contributed by atoms with E-state index in [1.807, 2.05) is 6.92 Å². The van der Waals surface area contributed by atoms with Crippen molar-refractivity contribution in [3.63, 3.8) is 0 Å². The third kappa shape index (κ3) is 2.65. The van der Waals surface area contributed by atoms with Crippen molar-refractivity contribution in [2.75, 3.05) is 11.9 Å². The van der Waals surface area contributed by atoms with Crippen LogP contribution in [-0.4, -0.2) is 39.3 Å². The first-order chi connectivity index (χ1) is 6.61. The first-order valence-corrected chi connectivity index (χ1v) is 4.18. The monoisotopic (exact) mass is 196 g/mol. The SMILES string of the molecule is CC(CC(=O)O)N(C)c1cncnn1. The molecule has 0 spiro atoms. The van der Waals surface area contributed by atoms with Gasteiger partial charge < -0.3 is 10.0 Å². The van der Waals surface area contributed by atoms with Crippen LogP contribution in [0, 0.1) is 0 Å². The molecule has 14 heavy (non-hydrogen) atoms. The molecule has 1 aromatic rings. The van der Waals surface area contributed by atoms with Gasteiger partial charge in [0.05, 0.1) is 12.6 Å². The summed E-state index contributed by atoms with van der Waals surface area (Å²) in [5.74, 6) is -0.262. The number of carboxylic acid groups (broad SMARTS) is 1. The first-order valence-electron chi connectivity index (χ1n) is 4.18. The van der Waals surface area contributed by atoms with Crippen molar-refractivity contribution in [1.82, 2.24) is 15.2 Å². The lowest BCUT2D eigenvalue weighted by molar-refractivity contribution is -0.137. The normalized spacial score (nSPS) is 12.1. The lowest BCUT2D eigenvalue weighted by Crippen LogP contribution is -2.31. The fourth-order valence-corrected chi connectivity index (χ4v) is 1.02. The van der Waals surface area contributed by atoms with Gasteiger partial charge in [-0.1, -0.05) is 0 Å². The summed E-state index contributed by atoms with van der Waals surface area (Å²) in [5, 5.41) is 16.0. The zero-order valence-electron chi connectivity index (χ0n) is 8.08. The van der Waals surface area contributed by atoms with Crippen molar-refractivity contribution in [3.8, 4) is 0 Å². The number of hydrogen-bond donors (Lipinski definition) is 1. The van der Waals surface area contributed by atoms with E-state index < -0.39 is 5.97 Å². The number of carboxylic acids is 1. The Balaban J connectivity index is 2.65. The summed E-state index contributed by atoms with van der Waals surface area (Å²) in [6, 6.07) is -0.133. The van der Waals surface area contributed by atoms with Gasteiger partial charge in [0.15, 0.2) is 5.82 Å². The smallest absolute Gasteiger partial charge is 0.305 e. The molecule has 1 N–H and O–H groups in total. The highest BCUT2D eigenvalue weighted by atomic mass is 16.4. The molecular formula is C8H12N4O2. The molecule has 0 aliphatic carbocycles. The number of anilines is 1. The molecule has 1 aromatic heterocycles. The van der Waals surface area contributed by atoms with Gasteiger partial charge in [0.1, 0.15) is 6.33 Å². The maximum Gasteiger partial charge on any atom is 0.305 e. The Labute approximate surface area is 81.6 Å². The van der Waals surface area contributed by atoms with Crippen molar-refractivity contribution < 1.29 is 9.90 Å². The molecule has 0 amide bonds. The fraction of sp³-hybridized carbons (Fsp3) is 0.500. The molecule has 0 bridgehead atoms. The van der Waals surface area contributed by atoms with Gasteiger partial charge in [0.2, 0.25) is 0 Å². The van der Waals surface area contributed by atoms with Gasteiger partial charge in [-0.15, -0.1) is 10.2 Å². The van der Waals surface area contributed by atoms with E-state index in [0.29, 0.717) is 5.82 Å². The van der Waals surface area contributed by atoms with Crippen LogP contribution in [0.4, 0.5) is 5.82 Å². The zero-order valence-corrected chi connectivity index (χ0v) is 8.08. The minimum absolute atomic E-state index is 0.0626. The molecule has 1 unspecified atom stereocenters. The largest absolute Gasteiger partial charge is 0.481 e. The number of aromatic nitrogens is 3. The Morgan fingerprint density at radius 3 is 2.93 bits per heavy atom. The average molecular weight is 196 g/mol. The molecule has 0 aliphatic heterocycles. The Bertz CT molecular complexity index is 303. The van der Waals surface area contributed by atoms with Gasteiger partial charge in [-0.25, -0.2) is 4.98 Å². The van der Waals surface area contributed by atoms with Gasteiger partial charge in [-0.3, -0.25) is 4.79 Å². The third-order valence-corrected chi connectivity index (χ3v) is 1.96. The zero-order chi connectivity index (χ0) is 10.6. The van der Waals surface area contributed by atoms with Crippen molar-refractivity contribution in [1.29, 1.82) is 0 Å². The van der Waals surface area contributed by atoms with E-state index in [0.717, 1.165) is 0 Å². The second kappa shape index (κ2) is 4.50. The summed E-state index contributed by atoms with van der Waals surface area (Å²) in [7, 11) is 1.76. The van der Waals surface area contributed by atoms with Crippen molar-refractivity contribution >= 4 is 11.8 Å². The summed E-state index contributed by atoms with van der Waals surface area (Å²) in [6.45, 7) is 1.81. The molecule has 0 aromatic carbocycles. The van der Waals surface area contributed by atoms with Crippen molar-refractivity contribution in [2.45, 2.75) is 19.4 Å². The second-order valence-corrected chi connectivity index (χ2v) is 3.03.